The molecule has 0 aromatic heterocycles. The number of hydrogen-bond acceptors (Lipinski definition) is 7. The average Bonchev–Trinajstić information content (AvgIpc) is 3.57. The molecule has 7 nitrogen and oxygen atoms in total. The van der Waals surface area contributed by atoms with Crippen LogP contribution in [0.5, 0.6) is 0 Å². The van der Waals surface area contributed by atoms with Crippen LogP contribution < -0.4 is 0 Å². The summed E-state index contributed by atoms with van der Waals surface area (Å²) in [5.74, 6) is 1.94. The summed E-state index contributed by atoms with van der Waals surface area (Å²) in [5, 5.41) is 23.8. The Balaban J connectivity index is 1.03. The van der Waals surface area contributed by atoms with Crippen LogP contribution in [0.1, 0.15) is 107 Å². The Morgan fingerprint density at radius 3 is 2.36 bits per heavy atom. The Morgan fingerprint density at radius 1 is 0.956 bits per heavy atom. The molecule has 8 rings (SSSR count). The highest BCUT2D eigenvalue weighted by molar-refractivity contribution is 5.33. The highest BCUT2D eigenvalue weighted by atomic mass is 16.7. The van der Waals surface area contributed by atoms with E-state index < -0.39 is 12.2 Å². The number of ether oxygens (including phenoxy) is 4. The molecule has 5 unspecified atom stereocenters. The predicted molar refractivity (Wildman–Crippen MR) is 172 cm³/mol. The molecule has 0 aromatic carbocycles. The van der Waals surface area contributed by atoms with E-state index in [1.165, 1.54) is 38.5 Å². The van der Waals surface area contributed by atoms with Crippen molar-refractivity contribution in [2.75, 3.05) is 32.9 Å². The number of nitrogens with zero attached hydrogens (tertiary/aromatic N) is 1. The van der Waals surface area contributed by atoms with E-state index in [1.54, 1.807) is 0 Å². The van der Waals surface area contributed by atoms with Crippen LogP contribution in [-0.4, -0.2) is 90.9 Å². The zero-order valence-electron chi connectivity index (χ0n) is 29.5. The summed E-state index contributed by atoms with van der Waals surface area (Å²) in [6.45, 7) is 22.9. The minimum absolute atomic E-state index is 0.0478. The minimum Gasteiger partial charge on any atom is -0.390 e. The third-order valence-electron chi connectivity index (χ3n) is 16.5. The first-order valence-electron chi connectivity index (χ1n) is 18.7. The molecule has 45 heavy (non-hydrogen) atoms. The molecule has 3 saturated heterocycles. The Labute approximate surface area is 272 Å². The van der Waals surface area contributed by atoms with Gasteiger partial charge in [0.05, 0.1) is 62.9 Å². The van der Waals surface area contributed by atoms with Gasteiger partial charge in [0, 0.05) is 12.0 Å². The van der Waals surface area contributed by atoms with Gasteiger partial charge in [-0.15, -0.1) is 0 Å². The Kier molecular flexibility index (Phi) is 7.20. The van der Waals surface area contributed by atoms with Crippen molar-refractivity contribution < 1.29 is 29.2 Å². The fourth-order valence-electron chi connectivity index (χ4n) is 14.0. The summed E-state index contributed by atoms with van der Waals surface area (Å²) < 4.78 is 25.4. The van der Waals surface area contributed by atoms with Gasteiger partial charge in [0.15, 0.2) is 6.29 Å². The Morgan fingerprint density at radius 2 is 1.67 bits per heavy atom. The lowest BCUT2D eigenvalue weighted by Gasteiger charge is -2.64. The SMILES string of the molecule is C[C@@H]1CC(C(O)C(C)(C)C)OC2C1[C@@]1(C)CCC34C[C@@]35CC[C@H](O[C@H]3CN(C6COC6)CCO3)C(C)(C)[C@@H]5CC[C@H]4[C@]1(C)[C@H]2O. The van der Waals surface area contributed by atoms with Crippen LogP contribution in [0.4, 0.5) is 0 Å². The molecule has 5 saturated carbocycles. The normalized spacial score (nSPS) is 54.9. The first-order valence-corrected chi connectivity index (χ1v) is 18.7. The quantitative estimate of drug-likeness (QED) is 0.416. The van der Waals surface area contributed by atoms with Crippen molar-refractivity contribution in [3.8, 4) is 0 Å². The molecule has 5 aliphatic carbocycles. The molecule has 2 N–H and O–H groups in total. The zero-order valence-corrected chi connectivity index (χ0v) is 29.5. The van der Waals surface area contributed by atoms with Crippen molar-refractivity contribution in [3.63, 3.8) is 0 Å². The monoisotopic (exact) mass is 629 g/mol. The summed E-state index contributed by atoms with van der Waals surface area (Å²) in [6, 6.07) is 0.528. The van der Waals surface area contributed by atoms with Crippen molar-refractivity contribution in [1.29, 1.82) is 0 Å². The summed E-state index contributed by atoms with van der Waals surface area (Å²) in [6.07, 6.45) is 8.14. The number of aliphatic hydroxyl groups excluding tert-OH is 2. The highest BCUT2D eigenvalue weighted by Gasteiger charge is 2.84. The van der Waals surface area contributed by atoms with E-state index in [0.29, 0.717) is 40.5 Å². The summed E-state index contributed by atoms with van der Waals surface area (Å²) in [4.78, 5) is 2.51. The Bertz CT molecular complexity index is 1170. The lowest BCUT2D eigenvalue weighted by atomic mass is 9.41. The summed E-state index contributed by atoms with van der Waals surface area (Å²) >= 11 is 0. The van der Waals surface area contributed by atoms with Crippen LogP contribution in [0.15, 0.2) is 0 Å². The number of hydrogen-bond donors (Lipinski definition) is 2. The van der Waals surface area contributed by atoms with Gasteiger partial charge in [-0.25, -0.2) is 0 Å². The first-order chi connectivity index (χ1) is 21.1. The van der Waals surface area contributed by atoms with Crippen LogP contribution in [-0.2, 0) is 18.9 Å². The largest absolute Gasteiger partial charge is 0.390 e. The van der Waals surface area contributed by atoms with Gasteiger partial charge in [0.1, 0.15) is 0 Å². The third kappa shape index (κ3) is 4.13. The number of morpholine rings is 1. The molecule has 2 spiro atoms. The number of fused-ring (bicyclic) bond motifs is 4. The third-order valence-corrected chi connectivity index (χ3v) is 16.5. The standard InChI is InChI=1S/C38H63NO6/c1-22-17-24(31(40)33(2,3)4)44-30-29(22)35(7)13-14-38-21-37(38)12-11-27(45-28-18-39(15-16-43-28)23-19-42-20-23)34(5,6)25(37)9-10-26(38)36(35,8)32(30)41/h22-32,40-41H,9-21H2,1-8H3/t22-,24?,25+,26+,27+,28+,29?,30?,31?,32+,35-,36-,37-,38?/m1/s1. The van der Waals surface area contributed by atoms with E-state index in [9.17, 15) is 10.2 Å². The van der Waals surface area contributed by atoms with Gasteiger partial charge in [-0.2, -0.15) is 0 Å². The fraction of sp³-hybridized carbons (Fsp3) is 1.00. The van der Waals surface area contributed by atoms with Crippen LogP contribution in [0.3, 0.4) is 0 Å². The van der Waals surface area contributed by atoms with E-state index in [2.05, 4.69) is 60.3 Å². The number of aliphatic hydroxyl groups is 2. The predicted octanol–water partition coefficient (Wildman–Crippen LogP) is 5.65. The summed E-state index contributed by atoms with van der Waals surface area (Å²) in [5.41, 5.74) is 0.427. The van der Waals surface area contributed by atoms with E-state index in [-0.39, 0.29) is 46.3 Å². The molecule has 8 fully saturated rings. The smallest absolute Gasteiger partial charge is 0.170 e. The van der Waals surface area contributed by atoms with Gasteiger partial charge >= 0.3 is 0 Å². The van der Waals surface area contributed by atoms with Crippen molar-refractivity contribution in [2.24, 2.45) is 56.2 Å². The maximum Gasteiger partial charge on any atom is 0.170 e. The van der Waals surface area contributed by atoms with Crippen molar-refractivity contribution in [3.05, 3.63) is 0 Å². The molecule has 3 heterocycles. The van der Waals surface area contributed by atoms with Gasteiger partial charge in [0.25, 0.3) is 0 Å². The van der Waals surface area contributed by atoms with Crippen molar-refractivity contribution in [2.45, 2.75) is 150 Å². The second kappa shape index (κ2) is 10.1. The Hall–Kier alpha value is -0.280. The molecule has 0 bridgehead atoms. The van der Waals surface area contributed by atoms with E-state index in [1.807, 2.05) is 0 Å². The van der Waals surface area contributed by atoms with E-state index in [4.69, 9.17) is 18.9 Å². The molecule has 8 aliphatic rings. The molecular formula is C38H63NO6. The van der Waals surface area contributed by atoms with Crippen molar-refractivity contribution >= 4 is 0 Å². The maximum absolute atomic E-state index is 12.5. The van der Waals surface area contributed by atoms with Gasteiger partial charge in [0.2, 0.25) is 0 Å². The number of rotatable bonds is 4. The van der Waals surface area contributed by atoms with Gasteiger partial charge in [-0.1, -0.05) is 55.4 Å². The zero-order chi connectivity index (χ0) is 31.9. The molecule has 3 aliphatic heterocycles. The van der Waals surface area contributed by atoms with Crippen molar-refractivity contribution in [1.82, 2.24) is 4.90 Å². The fourth-order valence-corrected chi connectivity index (χ4v) is 14.0. The minimum atomic E-state index is -0.529. The molecule has 0 radical (unpaired) electrons. The highest BCUT2D eigenvalue weighted by Crippen LogP contribution is 2.89. The van der Waals surface area contributed by atoms with Crippen LogP contribution in [0.2, 0.25) is 0 Å². The molecule has 256 valence electrons. The van der Waals surface area contributed by atoms with Crippen LogP contribution in [0, 0.1) is 56.2 Å². The van der Waals surface area contributed by atoms with Gasteiger partial charge < -0.3 is 29.2 Å². The molecule has 0 aromatic rings. The average molecular weight is 630 g/mol. The lowest BCUT2D eigenvalue weighted by molar-refractivity contribution is -0.256. The van der Waals surface area contributed by atoms with Crippen LogP contribution in [0.25, 0.3) is 0 Å². The second-order valence-electron chi connectivity index (χ2n) is 19.5. The van der Waals surface area contributed by atoms with E-state index in [0.717, 1.165) is 45.8 Å². The second-order valence-corrected chi connectivity index (χ2v) is 19.5. The maximum atomic E-state index is 12.5. The van der Waals surface area contributed by atoms with Crippen LogP contribution >= 0.6 is 0 Å². The first kappa shape index (κ1) is 32.0. The molecule has 0 amide bonds. The topological polar surface area (TPSA) is 80.6 Å². The lowest BCUT2D eigenvalue weighted by Crippen LogP contribution is -2.60. The van der Waals surface area contributed by atoms with E-state index >= 15 is 0 Å². The summed E-state index contributed by atoms with van der Waals surface area (Å²) in [7, 11) is 0. The van der Waals surface area contributed by atoms with Gasteiger partial charge in [-0.05, 0) is 102 Å². The molecule has 14 atom stereocenters. The van der Waals surface area contributed by atoms with Gasteiger partial charge in [-0.3, -0.25) is 4.90 Å². The molecule has 7 heteroatoms. The molecular weight excluding hydrogens is 566 g/mol.